The first-order chi connectivity index (χ1) is 15.3. The van der Waals surface area contributed by atoms with E-state index in [4.69, 9.17) is 25.8 Å². The molecule has 4 aromatic carbocycles. The zero-order valence-corrected chi connectivity index (χ0v) is 18.6. The number of benzene rings is 4. The Hall–Kier alpha value is -3.70. The molecule has 0 aliphatic heterocycles. The Balaban J connectivity index is 2.00. The smallest absolute Gasteiger partial charge is 0.308 e. The molecule has 32 heavy (non-hydrogen) atoms. The molecule has 0 spiro atoms. The van der Waals surface area contributed by atoms with Crippen molar-refractivity contribution in [3.63, 3.8) is 0 Å². The van der Waals surface area contributed by atoms with Gasteiger partial charge in [-0.05, 0) is 67.4 Å². The second-order valence-corrected chi connectivity index (χ2v) is 7.89. The number of fused-ring (bicyclic) bond motifs is 1. The Bertz CT molecular complexity index is 1330. The van der Waals surface area contributed by atoms with Crippen molar-refractivity contribution in [2.75, 3.05) is 0 Å². The van der Waals surface area contributed by atoms with Gasteiger partial charge in [-0.2, -0.15) is 0 Å². The third kappa shape index (κ3) is 4.48. The van der Waals surface area contributed by atoms with Gasteiger partial charge in [0.15, 0.2) is 11.5 Å². The van der Waals surface area contributed by atoms with Crippen molar-refractivity contribution < 1.29 is 24.1 Å². The zero-order chi connectivity index (χ0) is 22.8. The molecule has 4 rings (SSSR count). The summed E-state index contributed by atoms with van der Waals surface area (Å²) >= 11 is 6.21. The number of rotatable bonds is 5. The maximum absolute atomic E-state index is 12.0. The highest BCUT2D eigenvalue weighted by atomic mass is 35.5. The van der Waals surface area contributed by atoms with Gasteiger partial charge in [0.2, 0.25) is 11.5 Å². The average Bonchev–Trinajstić information content (AvgIpc) is 2.73. The molecule has 0 amide bonds. The number of ether oxygens (including phenoxy) is 3. The van der Waals surface area contributed by atoms with Crippen molar-refractivity contribution in [1.29, 1.82) is 0 Å². The quantitative estimate of drug-likeness (QED) is 0.256. The van der Waals surface area contributed by atoms with E-state index < -0.39 is 5.97 Å². The minimum Gasteiger partial charge on any atom is -0.504 e. The highest BCUT2D eigenvalue weighted by Crippen LogP contribution is 2.53. The number of hydrogen-bond donors (Lipinski definition) is 1. The minimum atomic E-state index is -0.549. The summed E-state index contributed by atoms with van der Waals surface area (Å²) in [6.07, 6.45) is 0. The van der Waals surface area contributed by atoms with E-state index in [9.17, 15) is 9.90 Å². The third-order valence-electron chi connectivity index (χ3n) is 4.77. The molecule has 0 bridgehead atoms. The van der Waals surface area contributed by atoms with Gasteiger partial charge in [-0.25, -0.2) is 0 Å². The van der Waals surface area contributed by atoms with Gasteiger partial charge in [0, 0.05) is 22.7 Å². The van der Waals surface area contributed by atoms with Gasteiger partial charge in [-0.3, -0.25) is 4.79 Å². The number of phenolic OH excluding ortho intramolecular Hbond substituents is 1. The number of carbonyl (C=O) groups excluding carboxylic acids is 1. The molecule has 0 heterocycles. The van der Waals surface area contributed by atoms with Crippen LogP contribution in [-0.4, -0.2) is 11.1 Å². The lowest BCUT2D eigenvalue weighted by Crippen LogP contribution is -2.05. The summed E-state index contributed by atoms with van der Waals surface area (Å²) in [4.78, 5) is 12.0. The highest BCUT2D eigenvalue weighted by Gasteiger charge is 2.26. The van der Waals surface area contributed by atoms with Crippen LogP contribution in [0.15, 0.2) is 66.7 Å². The molecule has 6 heteroatoms. The van der Waals surface area contributed by atoms with Crippen molar-refractivity contribution in [2.45, 2.75) is 20.8 Å². The Kier molecular flexibility index (Phi) is 5.93. The number of esters is 1. The Labute approximate surface area is 190 Å². The predicted molar refractivity (Wildman–Crippen MR) is 124 cm³/mol. The summed E-state index contributed by atoms with van der Waals surface area (Å²) in [7, 11) is 0. The molecule has 5 nitrogen and oxygen atoms in total. The topological polar surface area (TPSA) is 65.0 Å². The number of hydrogen-bond acceptors (Lipinski definition) is 5. The van der Waals surface area contributed by atoms with Crippen LogP contribution in [0.25, 0.3) is 10.8 Å². The summed E-state index contributed by atoms with van der Waals surface area (Å²) in [6.45, 7) is 5.16. The van der Waals surface area contributed by atoms with E-state index >= 15 is 0 Å². The van der Waals surface area contributed by atoms with Crippen molar-refractivity contribution >= 4 is 28.3 Å². The molecule has 0 saturated heterocycles. The normalized spacial score (nSPS) is 10.8. The van der Waals surface area contributed by atoms with Crippen molar-refractivity contribution in [1.82, 2.24) is 0 Å². The monoisotopic (exact) mass is 448 g/mol. The summed E-state index contributed by atoms with van der Waals surface area (Å²) in [5.41, 5.74) is 1.96. The maximum Gasteiger partial charge on any atom is 0.308 e. The van der Waals surface area contributed by atoms with Gasteiger partial charge in [-0.15, -0.1) is 0 Å². The average molecular weight is 449 g/mol. The molecular weight excluding hydrogens is 428 g/mol. The first kappa shape index (κ1) is 21.5. The Morgan fingerprint density at radius 1 is 0.781 bits per heavy atom. The van der Waals surface area contributed by atoms with Crippen LogP contribution in [0, 0.1) is 13.8 Å². The van der Waals surface area contributed by atoms with Crippen LogP contribution in [0.3, 0.4) is 0 Å². The maximum atomic E-state index is 12.0. The van der Waals surface area contributed by atoms with Crippen LogP contribution in [0.5, 0.6) is 34.5 Å². The largest absolute Gasteiger partial charge is 0.504 e. The number of carbonyl (C=O) groups is 1. The van der Waals surface area contributed by atoms with E-state index in [1.165, 1.54) is 6.92 Å². The fraction of sp³-hybridized carbons (Fsp3) is 0.115. The van der Waals surface area contributed by atoms with Crippen LogP contribution in [0.1, 0.15) is 18.1 Å². The van der Waals surface area contributed by atoms with Crippen LogP contribution in [-0.2, 0) is 4.79 Å². The molecule has 0 saturated carbocycles. The summed E-state index contributed by atoms with van der Waals surface area (Å²) in [6, 6.07) is 19.6. The first-order valence-corrected chi connectivity index (χ1v) is 10.4. The lowest BCUT2D eigenvalue weighted by atomic mass is 10.1. The molecule has 0 atom stereocenters. The lowest BCUT2D eigenvalue weighted by Gasteiger charge is -2.20. The van der Waals surface area contributed by atoms with E-state index in [1.807, 2.05) is 50.2 Å². The molecular formula is C26H21ClO5. The Morgan fingerprint density at radius 2 is 1.38 bits per heavy atom. The van der Waals surface area contributed by atoms with Crippen molar-refractivity contribution in [2.24, 2.45) is 0 Å². The van der Waals surface area contributed by atoms with Gasteiger partial charge in [0.25, 0.3) is 0 Å². The SMILES string of the molecule is CC(=O)Oc1c(Oc2cccc(C)c2)c(Oc2cccc(C)c2)c(O)c2ccc(Cl)cc12. The van der Waals surface area contributed by atoms with Crippen molar-refractivity contribution in [3.05, 3.63) is 82.9 Å². The molecule has 0 aliphatic rings. The molecule has 0 aromatic heterocycles. The second-order valence-electron chi connectivity index (χ2n) is 7.46. The highest BCUT2D eigenvalue weighted by molar-refractivity contribution is 6.31. The van der Waals surface area contributed by atoms with E-state index in [2.05, 4.69) is 0 Å². The van der Waals surface area contributed by atoms with E-state index in [1.54, 1.807) is 30.3 Å². The van der Waals surface area contributed by atoms with E-state index in [-0.39, 0.29) is 23.0 Å². The standard InChI is InChI=1S/C26H21ClO5/c1-15-6-4-8-19(12-15)31-25-23(29)21-11-10-18(27)14-22(21)24(30-17(3)28)26(25)32-20-9-5-7-16(2)13-20/h4-14,29H,1-3H3. The van der Waals surface area contributed by atoms with Crippen LogP contribution < -0.4 is 14.2 Å². The first-order valence-electron chi connectivity index (χ1n) is 9.97. The molecule has 1 N–H and O–H groups in total. The fourth-order valence-electron chi connectivity index (χ4n) is 3.39. The van der Waals surface area contributed by atoms with Crippen LogP contribution in [0.4, 0.5) is 0 Å². The summed E-state index contributed by atoms with van der Waals surface area (Å²) < 4.78 is 17.8. The lowest BCUT2D eigenvalue weighted by molar-refractivity contribution is -0.131. The third-order valence-corrected chi connectivity index (χ3v) is 5.01. The number of aryl methyl sites for hydroxylation is 2. The van der Waals surface area contributed by atoms with Gasteiger partial charge >= 0.3 is 5.97 Å². The summed E-state index contributed by atoms with van der Waals surface area (Å²) in [5, 5.41) is 12.4. The van der Waals surface area contributed by atoms with Gasteiger partial charge < -0.3 is 19.3 Å². The number of halogens is 1. The van der Waals surface area contributed by atoms with Crippen molar-refractivity contribution in [3.8, 4) is 34.5 Å². The minimum absolute atomic E-state index is 0.0307. The van der Waals surface area contributed by atoms with E-state index in [0.717, 1.165) is 11.1 Å². The molecule has 0 unspecified atom stereocenters. The van der Waals surface area contributed by atoms with Crippen LogP contribution in [0.2, 0.25) is 5.02 Å². The van der Waals surface area contributed by atoms with Gasteiger partial charge in [0.05, 0.1) is 0 Å². The number of phenols is 1. The fourth-order valence-corrected chi connectivity index (χ4v) is 3.56. The molecule has 0 fully saturated rings. The molecule has 4 aromatic rings. The Morgan fingerprint density at radius 3 is 1.94 bits per heavy atom. The number of aromatic hydroxyl groups is 1. The predicted octanol–water partition coefficient (Wildman–Crippen LogP) is 7.33. The van der Waals surface area contributed by atoms with Crippen LogP contribution >= 0.6 is 11.6 Å². The molecule has 162 valence electrons. The zero-order valence-electron chi connectivity index (χ0n) is 17.8. The second kappa shape index (κ2) is 8.81. The molecule has 0 radical (unpaired) electrons. The van der Waals surface area contributed by atoms with E-state index in [0.29, 0.717) is 27.3 Å². The van der Waals surface area contributed by atoms with Gasteiger partial charge in [-0.1, -0.05) is 35.9 Å². The molecule has 0 aliphatic carbocycles. The summed E-state index contributed by atoms with van der Waals surface area (Å²) in [5.74, 6) is 0.494. The van der Waals surface area contributed by atoms with Gasteiger partial charge in [0.1, 0.15) is 11.5 Å².